The van der Waals surface area contributed by atoms with Gasteiger partial charge in [-0.25, -0.2) is 0 Å². The molecule has 2 heterocycles. The number of benzene rings is 2. The minimum absolute atomic E-state index is 0.146. The number of aromatic hydroxyl groups is 1. The second kappa shape index (κ2) is 7.94. The van der Waals surface area contributed by atoms with Gasteiger partial charge in [0.15, 0.2) is 0 Å². The predicted molar refractivity (Wildman–Crippen MR) is 106 cm³/mol. The SMILES string of the molecule is COC(=O)Cc1ccc(O)c(C2CCC3(CCCNC3c3ccccc3)O2)c1. The number of ether oxygens (including phenoxy) is 2. The lowest BCUT2D eigenvalue weighted by atomic mass is 9.80. The summed E-state index contributed by atoms with van der Waals surface area (Å²) in [6.07, 6.45) is 3.87. The Morgan fingerprint density at radius 3 is 2.86 bits per heavy atom. The molecule has 0 aromatic heterocycles. The van der Waals surface area contributed by atoms with Crippen molar-refractivity contribution in [2.45, 2.75) is 49.9 Å². The molecule has 0 saturated carbocycles. The first kappa shape index (κ1) is 19.0. The smallest absolute Gasteiger partial charge is 0.309 e. The summed E-state index contributed by atoms with van der Waals surface area (Å²) in [5.74, 6) is -0.0724. The normalized spacial score (nSPS) is 27.0. The van der Waals surface area contributed by atoms with Crippen LogP contribution in [0, 0.1) is 0 Å². The first-order chi connectivity index (χ1) is 13.6. The standard InChI is InChI=1S/C23H27NO4/c1-27-21(26)15-16-8-9-19(25)18(14-16)20-10-12-23(28-20)11-5-13-24-22(23)17-6-3-2-4-7-17/h2-4,6-9,14,20,22,24-25H,5,10-13,15H2,1H3. The molecular weight excluding hydrogens is 354 g/mol. The fraction of sp³-hybridized carbons (Fsp3) is 0.435. The Morgan fingerprint density at radius 2 is 2.07 bits per heavy atom. The maximum Gasteiger partial charge on any atom is 0.309 e. The quantitative estimate of drug-likeness (QED) is 0.788. The van der Waals surface area contributed by atoms with Gasteiger partial charge in [-0.2, -0.15) is 0 Å². The van der Waals surface area contributed by atoms with E-state index in [9.17, 15) is 9.90 Å². The Balaban J connectivity index is 1.59. The Bertz CT molecular complexity index is 838. The van der Waals surface area contributed by atoms with Crippen LogP contribution in [0.1, 0.15) is 54.5 Å². The summed E-state index contributed by atoms with van der Waals surface area (Å²) in [6, 6.07) is 15.9. The van der Waals surface area contributed by atoms with E-state index in [2.05, 4.69) is 29.6 Å². The zero-order valence-corrected chi connectivity index (χ0v) is 16.2. The van der Waals surface area contributed by atoms with E-state index >= 15 is 0 Å². The molecule has 2 N–H and O–H groups in total. The molecule has 0 bridgehead atoms. The zero-order chi connectivity index (χ0) is 19.6. The average Bonchev–Trinajstić information content (AvgIpc) is 3.14. The topological polar surface area (TPSA) is 67.8 Å². The Kier molecular flexibility index (Phi) is 5.38. The lowest BCUT2D eigenvalue weighted by Gasteiger charge is -2.42. The van der Waals surface area contributed by atoms with Crippen LogP contribution in [0.4, 0.5) is 0 Å². The van der Waals surface area contributed by atoms with Gasteiger partial charge in [-0.3, -0.25) is 4.79 Å². The third-order valence-corrected chi connectivity index (χ3v) is 6.01. The average molecular weight is 381 g/mol. The second-order valence-electron chi connectivity index (χ2n) is 7.76. The number of phenolic OH excluding ortho intramolecular Hbond substituents is 1. The van der Waals surface area contributed by atoms with Crippen molar-refractivity contribution in [3.8, 4) is 5.75 Å². The summed E-state index contributed by atoms with van der Waals surface area (Å²) in [7, 11) is 1.38. The van der Waals surface area contributed by atoms with Crippen LogP contribution < -0.4 is 5.32 Å². The van der Waals surface area contributed by atoms with Crippen LogP contribution in [-0.4, -0.2) is 30.3 Å². The highest BCUT2D eigenvalue weighted by atomic mass is 16.5. The molecule has 28 heavy (non-hydrogen) atoms. The molecule has 2 aromatic rings. The highest BCUT2D eigenvalue weighted by molar-refractivity contribution is 5.72. The molecule has 3 atom stereocenters. The first-order valence-electron chi connectivity index (χ1n) is 9.96. The largest absolute Gasteiger partial charge is 0.508 e. The number of hydrogen-bond donors (Lipinski definition) is 2. The summed E-state index contributed by atoms with van der Waals surface area (Å²) < 4.78 is 11.4. The van der Waals surface area contributed by atoms with Crippen LogP contribution in [0.15, 0.2) is 48.5 Å². The van der Waals surface area contributed by atoms with E-state index < -0.39 is 0 Å². The summed E-state index contributed by atoms with van der Waals surface area (Å²) in [5, 5.41) is 14.1. The van der Waals surface area contributed by atoms with Crippen molar-refractivity contribution >= 4 is 5.97 Å². The van der Waals surface area contributed by atoms with Crippen molar-refractivity contribution < 1.29 is 19.4 Å². The van der Waals surface area contributed by atoms with Gasteiger partial charge >= 0.3 is 5.97 Å². The zero-order valence-electron chi connectivity index (χ0n) is 16.2. The highest BCUT2D eigenvalue weighted by Crippen LogP contribution is 2.51. The first-order valence-corrected chi connectivity index (χ1v) is 9.96. The maximum absolute atomic E-state index is 11.6. The Morgan fingerprint density at radius 1 is 1.25 bits per heavy atom. The van der Waals surface area contributed by atoms with Crippen LogP contribution in [0.3, 0.4) is 0 Å². The van der Waals surface area contributed by atoms with Gasteiger partial charge in [-0.15, -0.1) is 0 Å². The molecule has 2 aliphatic rings. The summed E-state index contributed by atoms with van der Waals surface area (Å²) in [5.41, 5.74) is 2.56. The third kappa shape index (κ3) is 3.64. The third-order valence-electron chi connectivity index (χ3n) is 6.01. The summed E-state index contributed by atoms with van der Waals surface area (Å²) >= 11 is 0. The minimum Gasteiger partial charge on any atom is -0.508 e. The van der Waals surface area contributed by atoms with Crippen molar-refractivity contribution in [3.63, 3.8) is 0 Å². The monoisotopic (exact) mass is 381 g/mol. The number of piperidine rings is 1. The van der Waals surface area contributed by atoms with Gasteiger partial charge in [-0.05, 0) is 55.5 Å². The van der Waals surface area contributed by atoms with Crippen molar-refractivity contribution in [2.24, 2.45) is 0 Å². The van der Waals surface area contributed by atoms with E-state index in [0.29, 0.717) is 0 Å². The highest BCUT2D eigenvalue weighted by Gasteiger charge is 2.48. The van der Waals surface area contributed by atoms with Crippen molar-refractivity contribution in [3.05, 3.63) is 65.2 Å². The number of carbonyl (C=O) groups excluding carboxylic acids is 1. The number of hydrogen-bond acceptors (Lipinski definition) is 5. The number of methoxy groups -OCH3 is 1. The van der Waals surface area contributed by atoms with Gasteiger partial charge in [0.05, 0.1) is 31.3 Å². The molecule has 1 spiro atoms. The minimum atomic E-state index is -0.291. The van der Waals surface area contributed by atoms with E-state index in [1.54, 1.807) is 12.1 Å². The van der Waals surface area contributed by atoms with Gasteiger partial charge in [0, 0.05) is 5.56 Å². The number of rotatable bonds is 4. The summed E-state index contributed by atoms with van der Waals surface area (Å²) in [4.78, 5) is 11.6. The molecule has 3 unspecified atom stereocenters. The van der Waals surface area contributed by atoms with Crippen LogP contribution in [0.25, 0.3) is 0 Å². The molecule has 5 heteroatoms. The van der Waals surface area contributed by atoms with Gasteiger partial charge in [-0.1, -0.05) is 36.4 Å². The van der Waals surface area contributed by atoms with Crippen LogP contribution >= 0.6 is 0 Å². The predicted octanol–water partition coefficient (Wildman–Crippen LogP) is 3.82. The number of phenols is 1. The maximum atomic E-state index is 11.6. The molecule has 2 aliphatic heterocycles. The Labute approximate surface area is 165 Å². The van der Waals surface area contributed by atoms with E-state index in [0.717, 1.165) is 43.4 Å². The van der Waals surface area contributed by atoms with E-state index in [1.807, 2.05) is 12.1 Å². The number of carbonyl (C=O) groups is 1. The van der Waals surface area contributed by atoms with Crippen molar-refractivity contribution in [2.75, 3.05) is 13.7 Å². The van der Waals surface area contributed by atoms with Gasteiger partial charge in [0.1, 0.15) is 5.75 Å². The van der Waals surface area contributed by atoms with Crippen LogP contribution in [0.2, 0.25) is 0 Å². The van der Waals surface area contributed by atoms with E-state index in [4.69, 9.17) is 9.47 Å². The molecule has 0 amide bonds. The molecule has 2 saturated heterocycles. The van der Waals surface area contributed by atoms with Crippen LogP contribution in [-0.2, 0) is 20.7 Å². The van der Waals surface area contributed by atoms with Crippen LogP contribution in [0.5, 0.6) is 5.75 Å². The fourth-order valence-electron chi connectivity index (χ4n) is 4.63. The molecule has 2 fully saturated rings. The lowest BCUT2D eigenvalue weighted by Crippen LogP contribution is -2.48. The van der Waals surface area contributed by atoms with E-state index in [1.165, 1.54) is 12.7 Å². The summed E-state index contributed by atoms with van der Waals surface area (Å²) in [6.45, 7) is 0.981. The number of esters is 1. The Hall–Kier alpha value is -2.37. The van der Waals surface area contributed by atoms with Crippen molar-refractivity contribution in [1.82, 2.24) is 5.32 Å². The molecule has 5 nitrogen and oxygen atoms in total. The van der Waals surface area contributed by atoms with Gasteiger partial charge in [0.2, 0.25) is 0 Å². The second-order valence-corrected chi connectivity index (χ2v) is 7.76. The molecule has 0 aliphatic carbocycles. The molecule has 148 valence electrons. The molecule has 0 radical (unpaired) electrons. The van der Waals surface area contributed by atoms with Gasteiger partial charge in [0.25, 0.3) is 0 Å². The van der Waals surface area contributed by atoms with Gasteiger partial charge < -0.3 is 19.9 Å². The van der Waals surface area contributed by atoms with Crippen molar-refractivity contribution in [1.29, 1.82) is 0 Å². The fourth-order valence-corrected chi connectivity index (χ4v) is 4.63. The molecular formula is C23H27NO4. The molecule has 4 rings (SSSR count). The molecule has 2 aromatic carbocycles. The van der Waals surface area contributed by atoms with E-state index in [-0.39, 0.29) is 35.9 Å². The number of nitrogens with one attached hydrogen (secondary N) is 1. The lowest BCUT2D eigenvalue weighted by molar-refractivity contribution is -0.139.